The lowest BCUT2D eigenvalue weighted by molar-refractivity contribution is 0.103. The molecule has 2 rings (SSSR count). The molecule has 0 aromatic carbocycles. The molecule has 5 heteroatoms. The molecule has 1 atom stereocenters. The highest BCUT2D eigenvalue weighted by Gasteiger charge is 2.15. The van der Waals surface area contributed by atoms with E-state index in [1.165, 1.54) is 0 Å². The molecule has 1 unspecified atom stereocenters. The zero-order chi connectivity index (χ0) is 13.8. The Kier molecular flexibility index (Phi) is 4.77. The Labute approximate surface area is 118 Å². The molecule has 0 aliphatic rings. The Morgan fingerprint density at radius 2 is 2.16 bits per heavy atom. The second kappa shape index (κ2) is 6.35. The lowest BCUT2D eigenvalue weighted by Gasteiger charge is -2.11. The van der Waals surface area contributed by atoms with E-state index in [4.69, 9.17) is 16.3 Å². The summed E-state index contributed by atoms with van der Waals surface area (Å²) in [6.07, 6.45) is 1.78. The van der Waals surface area contributed by atoms with Crippen LogP contribution >= 0.6 is 11.6 Å². The molecule has 0 fully saturated rings. The SMILES string of the molecule is CC(C)COCCn1c(C(C)Cl)nc2cccnc21. The quantitative estimate of drug-likeness (QED) is 0.602. The number of nitrogens with zero attached hydrogens (tertiary/aromatic N) is 3. The molecule has 19 heavy (non-hydrogen) atoms. The van der Waals surface area contributed by atoms with E-state index in [9.17, 15) is 0 Å². The van der Waals surface area contributed by atoms with Crippen molar-refractivity contribution >= 4 is 22.8 Å². The van der Waals surface area contributed by atoms with E-state index in [0.29, 0.717) is 12.5 Å². The van der Waals surface area contributed by atoms with Gasteiger partial charge >= 0.3 is 0 Å². The number of imidazole rings is 1. The summed E-state index contributed by atoms with van der Waals surface area (Å²) in [4.78, 5) is 8.92. The third-order valence-corrected chi connectivity index (χ3v) is 2.99. The first kappa shape index (κ1) is 14.3. The largest absolute Gasteiger partial charge is 0.379 e. The highest BCUT2D eigenvalue weighted by Crippen LogP contribution is 2.23. The topological polar surface area (TPSA) is 39.9 Å². The van der Waals surface area contributed by atoms with E-state index < -0.39 is 0 Å². The molecule has 2 aromatic rings. The van der Waals surface area contributed by atoms with Crippen LogP contribution in [0.4, 0.5) is 0 Å². The van der Waals surface area contributed by atoms with Crippen LogP contribution in [0.2, 0.25) is 0 Å². The van der Waals surface area contributed by atoms with Crippen LogP contribution in [0.15, 0.2) is 18.3 Å². The maximum atomic E-state index is 6.19. The van der Waals surface area contributed by atoms with Gasteiger partial charge in [-0.15, -0.1) is 11.6 Å². The molecule has 0 aliphatic heterocycles. The van der Waals surface area contributed by atoms with Gasteiger partial charge < -0.3 is 9.30 Å². The third-order valence-electron chi connectivity index (χ3n) is 2.80. The van der Waals surface area contributed by atoms with Gasteiger partial charge in [-0.2, -0.15) is 0 Å². The van der Waals surface area contributed by atoms with Crippen molar-refractivity contribution in [3.63, 3.8) is 0 Å². The van der Waals surface area contributed by atoms with Crippen molar-refractivity contribution in [1.82, 2.24) is 14.5 Å². The van der Waals surface area contributed by atoms with Crippen molar-refractivity contribution in [2.75, 3.05) is 13.2 Å². The number of alkyl halides is 1. The third kappa shape index (κ3) is 3.45. The van der Waals surface area contributed by atoms with Gasteiger partial charge in [-0.1, -0.05) is 13.8 Å². The van der Waals surface area contributed by atoms with Crippen LogP contribution in [-0.4, -0.2) is 27.7 Å². The van der Waals surface area contributed by atoms with Crippen molar-refractivity contribution in [2.45, 2.75) is 32.7 Å². The Hall–Kier alpha value is -1.13. The smallest absolute Gasteiger partial charge is 0.160 e. The van der Waals surface area contributed by atoms with Crippen LogP contribution < -0.4 is 0 Å². The number of aromatic nitrogens is 3. The minimum Gasteiger partial charge on any atom is -0.379 e. The lowest BCUT2D eigenvalue weighted by Crippen LogP contribution is -2.12. The molecule has 4 nitrogen and oxygen atoms in total. The van der Waals surface area contributed by atoms with Crippen LogP contribution in [0.3, 0.4) is 0 Å². The maximum absolute atomic E-state index is 6.19. The average molecular weight is 282 g/mol. The van der Waals surface area contributed by atoms with Crippen molar-refractivity contribution in [3.8, 4) is 0 Å². The highest BCUT2D eigenvalue weighted by molar-refractivity contribution is 6.20. The molecule has 0 saturated carbocycles. The van der Waals surface area contributed by atoms with Gasteiger partial charge in [0.05, 0.1) is 12.0 Å². The van der Waals surface area contributed by atoms with Gasteiger partial charge in [0, 0.05) is 19.3 Å². The lowest BCUT2D eigenvalue weighted by atomic mass is 10.2. The molecule has 0 amide bonds. The molecule has 0 aliphatic carbocycles. The van der Waals surface area contributed by atoms with Crippen LogP contribution in [0, 0.1) is 5.92 Å². The average Bonchev–Trinajstić information content (AvgIpc) is 2.73. The summed E-state index contributed by atoms with van der Waals surface area (Å²) in [5, 5.41) is -0.140. The van der Waals surface area contributed by atoms with Crippen molar-refractivity contribution in [3.05, 3.63) is 24.2 Å². The second-order valence-corrected chi connectivity index (χ2v) is 5.71. The summed E-state index contributed by atoms with van der Waals surface area (Å²) in [5.41, 5.74) is 1.76. The second-order valence-electron chi connectivity index (χ2n) is 5.05. The fourth-order valence-corrected chi connectivity index (χ4v) is 2.14. The van der Waals surface area contributed by atoms with E-state index in [1.807, 2.05) is 23.6 Å². The predicted molar refractivity (Wildman–Crippen MR) is 77.5 cm³/mol. The zero-order valence-corrected chi connectivity index (χ0v) is 12.4. The van der Waals surface area contributed by atoms with Gasteiger partial charge in [0.2, 0.25) is 0 Å². The Morgan fingerprint density at radius 1 is 1.37 bits per heavy atom. The fourth-order valence-electron chi connectivity index (χ4n) is 1.97. The van der Waals surface area contributed by atoms with Crippen molar-refractivity contribution < 1.29 is 4.74 Å². The van der Waals surface area contributed by atoms with Gasteiger partial charge in [-0.3, -0.25) is 0 Å². The predicted octanol–water partition coefficient (Wildman–Crippen LogP) is 3.40. The number of pyridine rings is 1. The number of hydrogen-bond donors (Lipinski definition) is 0. The monoisotopic (exact) mass is 281 g/mol. The summed E-state index contributed by atoms with van der Waals surface area (Å²) >= 11 is 6.19. The number of rotatable bonds is 6. The molecule has 2 heterocycles. The van der Waals surface area contributed by atoms with Crippen LogP contribution in [0.25, 0.3) is 11.2 Å². The number of hydrogen-bond acceptors (Lipinski definition) is 3. The van der Waals surface area contributed by atoms with Crippen molar-refractivity contribution in [2.24, 2.45) is 5.92 Å². The minimum absolute atomic E-state index is 0.140. The zero-order valence-electron chi connectivity index (χ0n) is 11.6. The summed E-state index contributed by atoms with van der Waals surface area (Å²) in [6, 6.07) is 3.84. The normalized spacial score (nSPS) is 13.3. The number of ether oxygens (including phenoxy) is 1. The number of fused-ring (bicyclic) bond motifs is 1. The first-order valence-corrected chi connectivity index (χ1v) is 7.06. The van der Waals surface area contributed by atoms with Gasteiger partial charge in [-0.25, -0.2) is 9.97 Å². The maximum Gasteiger partial charge on any atom is 0.160 e. The van der Waals surface area contributed by atoms with Gasteiger partial charge in [0.25, 0.3) is 0 Å². The molecule has 0 saturated heterocycles. The molecule has 0 N–H and O–H groups in total. The molecule has 104 valence electrons. The first-order chi connectivity index (χ1) is 9.09. The minimum atomic E-state index is -0.140. The molecular formula is C14H20ClN3O. The van der Waals surface area contributed by atoms with E-state index in [0.717, 1.165) is 30.1 Å². The van der Waals surface area contributed by atoms with Crippen LogP contribution in [0.5, 0.6) is 0 Å². The molecular weight excluding hydrogens is 262 g/mol. The van der Waals surface area contributed by atoms with Crippen LogP contribution in [0.1, 0.15) is 32.0 Å². The first-order valence-electron chi connectivity index (χ1n) is 6.62. The summed E-state index contributed by atoms with van der Waals surface area (Å²) in [6.45, 7) is 8.35. The van der Waals surface area contributed by atoms with E-state index in [2.05, 4.69) is 23.8 Å². The summed E-state index contributed by atoms with van der Waals surface area (Å²) < 4.78 is 7.68. The fraction of sp³-hybridized carbons (Fsp3) is 0.571. The Balaban J connectivity index is 2.17. The van der Waals surface area contributed by atoms with E-state index >= 15 is 0 Å². The number of halogens is 1. The molecule has 0 spiro atoms. The van der Waals surface area contributed by atoms with Crippen molar-refractivity contribution in [1.29, 1.82) is 0 Å². The van der Waals surface area contributed by atoms with E-state index in [-0.39, 0.29) is 5.38 Å². The van der Waals surface area contributed by atoms with Gasteiger partial charge in [-0.05, 0) is 25.0 Å². The van der Waals surface area contributed by atoms with E-state index in [1.54, 1.807) is 6.20 Å². The molecule has 0 radical (unpaired) electrons. The molecule has 2 aromatic heterocycles. The standard InChI is InChI=1S/C14H20ClN3O/c1-10(2)9-19-8-7-18-13(11(3)15)17-12-5-4-6-16-14(12)18/h4-6,10-11H,7-9H2,1-3H3. The summed E-state index contributed by atoms with van der Waals surface area (Å²) in [7, 11) is 0. The Morgan fingerprint density at radius 3 is 2.84 bits per heavy atom. The van der Waals surface area contributed by atoms with Crippen LogP contribution in [-0.2, 0) is 11.3 Å². The molecule has 0 bridgehead atoms. The van der Waals surface area contributed by atoms with Gasteiger partial charge in [0.15, 0.2) is 5.65 Å². The van der Waals surface area contributed by atoms with Gasteiger partial charge in [0.1, 0.15) is 11.3 Å². The Bertz CT molecular complexity index is 536. The highest BCUT2D eigenvalue weighted by atomic mass is 35.5. The summed E-state index contributed by atoms with van der Waals surface area (Å²) in [5.74, 6) is 1.40.